The maximum absolute atomic E-state index is 10.5. The fraction of sp³-hybridized carbons (Fsp3) is 0.857. The summed E-state index contributed by atoms with van der Waals surface area (Å²) in [7, 11) is 0. The molecule has 58 valence electrons. The lowest BCUT2D eigenvalue weighted by Crippen LogP contribution is -2.26. The number of aliphatic hydroxyl groups is 1. The highest BCUT2D eigenvalue weighted by atomic mass is 16.4. The van der Waals surface area contributed by atoms with Crippen molar-refractivity contribution in [3.8, 4) is 0 Å². The van der Waals surface area contributed by atoms with E-state index in [9.17, 15) is 4.79 Å². The first kappa shape index (κ1) is 7.54. The van der Waals surface area contributed by atoms with Crippen LogP contribution in [0.15, 0.2) is 0 Å². The Balaban J connectivity index is 2.63. The van der Waals surface area contributed by atoms with Gasteiger partial charge >= 0.3 is 5.97 Å². The van der Waals surface area contributed by atoms with E-state index in [0.29, 0.717) is 6.42 Å². The number of rotatable bonds is 1. The highest BCUT2D eigenvalue weighted by molar-refractivity contribution is 5.71. The summed E-state index contributed by atoms with van der Waals surface area (Å²) in [4.78, 5) is 10.5. The molecule has 0 unspecified atom stereocenters. The van der Waals surface area contributed by atoms with E-state index in [4.69, 9.17) is 10.2 Å². The van der Waals surface area contributed by atoms with Crippen molar-refractivity contribution in [2.45, 2.75) is 25.9 Å². The minimum absolute atomic E-state index is 0.132. The highest BCUT2D eigenvalue weighted by Gasteiger charge is 2.37. The van der Waals surface area contributed by atoms with Gasteiger partial charge in [-0.15, -0.1) is 0 Å². The lowest BCUT2D eigenvalue weighted by molar-refractivity contribution is -0.146. The van der Waals surface area contributed by atoms with Gasteiger partial charge in [-0.1, -0.05) is 6.92 Å². The van der Waals surface area contributed by atoms with Crippen molar-refractivity contribution < 1.29 is 15.0 Å². The van der Waals surface area contributed by atoms with Crippen molar-refractivity contribution in [2.75, 3.05) is 0 Å². The lowest BCUT2D eigenvalue weighted by atomic mass is 9.97. The Labute approximate surface area is 59.7 Å². The monoisotopic (exact) mass is 144 g/mol. The van der Waals surface area contributed by atoms with Gasteiger partial charge in [-0.05, 0) is 18.8 Å². The average molecular weight is 144 g/mol. The third-order valence-corrected chi connectivity index (χ3v) is 2.23. The van der Waals surface area contributed by atoms with Crippen LogP contribution in [-0.4, -0.2) is 22.3 Å². The molecule has 1 saturated carbocycles. The summed E-state index contributed by atoms with van der Waals surface area (Å²) in [6.45, 7) is 1.87. The second-order valence-corrected chi connectivity index (χ2v) is 2.99. The van der Waals surface area contributed by atoms with E-state index in [2.05, 4.69) is 0 Å². The van der Waals surface area contributed by atoms with Gasteiger partial charge in [0.2, 0.25) is 0 Å². The van der Waals surface area contributed by atoms with Gasteiger partial charge in [0.1, 0.15) is 0 Å². The Morgan fingerprint density at radius 2 is 2.10 bits per heavy atom. The molecule has 0 radical (unpaired) electrons. The molecule has 1 rings (SSSR count). The van der Waals surface area contributed by atoms with E-state index in [1.165, 1.54) is 0 Å². The van der Waals surface area contributed by atoms with Crippen LogP contribution in [0.3, 0.4) is 0 Å². The molecular formula is C7H12O3. The topological polar surface area (TPSA) is 57.5 Å². The van der Waals surface area contributed by atoms with Gasteiger partial charge in [-0.2, -0.15) is 0 Å². The molecule has 10 heavy (non-hydrogen) atoms. The zero-order valence-corrected chi connectivity index (χ0v) is 5.95. The van der Waals surface area contributed by atoms with E-state index in [-0.39, 0.29) is 5.92 Å². The van der Waals surface area contributed by atoms with Crippen LogP contribution in [0, 0.1) is 11.8 Å². The number of aliphatic carboxylic acids is 1. The van der Waals surface area contributed by atoms with Crippen LogP contribution in [-0.2, 0) is 4.79 Å². The van der Waals surface area contributed by atoms with Crippen LogP contribution in [0.1, 0.15) is 19.8 Å². The number of aliphatic hydroxyl groups excluding tert-OH is 1. The fourth-order valence-corrected chi connectivity index (χ4v) is 1.58. The van der Waals surface area contributed by atoms with Crippen LogP contribution in [0.25, 0.3) is 0 Å². The molecule has 0 bridgehead atoms. The highest BCUT2D eigenvalue weighted by Crippen LogP contribution is 2.31. The van der Waals surface area contributed by atoms with E-state index in [1.54, 1.807) is 0 Å². The Hall–Kier alpha value is -0.570. The van der Waals surface area contributed by atoms with E-state index in [1.807, 2.05) is 6.92 Å². The molecule has 0 aromatic carbocycles. The van der Waals surface area contributed by atoms with Crippen LogP contribution in [0.4, 0.5) is 0 Å². The second kappa shape index (κ2) is 2.58. The zero-order valence-electron chi connectivity index (χ0n) is 5.95. The Bertz CT molecular complexity index is 134. The molecule has 3 nitrogen and oxygen atoms in total. The minimum atomic E-state index is -0.863. The minimum Gasteiger partial charge on any atom is -0.481 e. The standard InChI is InChI=1S/C7H12O3/c1-4-2-3-5(8)6(4)7(9)10/h4-6,8H,2-3H2,1H3,(H,9,10)/t4-,5-,6+/m0/s1. The maximum Gasteiger partial charge on any atom is 0.309 e. The van der Waals surface area contributed by atoms with Crippen molar-refractivity contribution >= 4 is 5.97 Å². The van der Waals surface area contributed by atoms with Gasteiger partial charge < -0.3 is 10.2 Å². The van der Waals surface area contributed by atoms with Crippen molar-refractivity contribution in [1.29, 1.82) is 0 Å². The first-order valence-corrected chi connectivity index (χ1v) is 3.54. The van der Waals surface area contributed by atoms with Crippen LogP contribution >= 0.6 is 0 Å². The lowest BCUT2D eigenvalue weighted by Gasteiger charge is -2.12. The van der Waals surface area contributed by atoms with Crippen molar-refractivity contribution in [3.05, 3.63) is 0 Å². The molecule has 3 atom stereocenters. The molecule has 1 aliphatic carbocycles. The molecule has 0 saturated heterocycles. The first-order chi connectivity index (χ1) is 4.63. The van der Waals surface area contributed by atoms with Gasteiger partial charge in [-0.3, -0.25) is 4.79 Å². The maximum atomic E-state index is 10.5. The van der Waals surface area contributed by atoms with E-state index < -0.39 is 18.0 Å². The summed E-state index contributed by atoms with van der Waals surface area (Å²) in [5.74, 6) is -1.26. The molecule has 0 aromatic heterocycles. The molecule has 0 aliphatic heterocycles. The zero-order chi connectivity index (χ0) is 7.72. The fourth-order valence-electron chi connectivity index (χ4n) is 1.58. The quantitative estimate of drug-likeness (QED) is 0.562. The summed E-state index contributed by atoms with van der Waals surface area (Å²) < 4.78 is 0. The number of hydrogen-bond donors (Lipinski definition) is 2. The largest absolute Gasteiger partial charge is 0.481 e. The van der Waals surface area contributed by atoms with Gasteiger partial charge in [0.15, 0.2) is 0 Å². The van der Waals surface area contributed by atoms with Crippen molar-refractivity contribution in [2.24, 2.45) is 11.8 Å². The Kier molecular flexibility index (Phi) is 1.94. The molecular weight excluding hydrogens is 132 g/mol. The third kappa shape index (κ3) is 1.14. The molecule has 2 N–H and O–H groups in total. The summed E-state index contributed by atoms with van der Waals surface area (Å²) in [5, 5.41) is 17.7. The summed E-state index contributed by atoms with van der Waals surface area (Å²) in [6.07, 6.45) is 0.850. The summed E-state index contributed by atoms with van der Waals surface area (Å²) in [6, 6.07) is 0. The van der Waals surface area contributed by atoms with E-state index >= 15 is 0 Å². The number of hydrogen-bond acceptors (Lipinski definition) is 2. The van der Waals surface area contributed by atoms with Gasteiger partial charge in [0, 0.05) is 0 Å². The van der Waals surface area contributed by atoms with Crippen LogP contribution < -0.4 is 0 Å². The van der Waals surface area contributed by atoms with Gasteiger partial charge in [-0.25, -0.2) is 0 Å². The smallest absolute Gasteiger partial charge is 0.309 e. The van der Waals surface area contributed by atoms with E-state index in [0.717, 1.165) is 6.42 Å². The average Bonchev–Trinajstić information content (AvgIpc) is 2.11. The predicted octanol–water partition coefficient (Wildman–Crippen LogP) is 0.478. The van der Waals surface area contributed by atoms with Crippen LogP contribution in [0.2, 0.25) is 0 Å². The predicted molar refractivity (Wildman–Crippen MR) is 35.5 cm³/mol. The summed E-state index contributed by atoms with van der Waals surface area (Å²) >= 11 is 0. The molecule has 0 heterocycles. The molecule has 1 aliphatic rings. The SMILES string of the molecule is C[C@H]1CC[C@H](O)[C@@H]1C(=O)O. The molecule has 0 aromatic rings. The van der Waals surface area contributed by atoms with Gasteiger partial charge in [0.05, 0.1) is 12.0 Å². The van der Waals surface area contributed by atoms with Crippen molar-refractivity contribution in [1.82, 2.24) is 0 Å². The summed E-state index contributed by atoms with van der Waals surface area (Å²) in [5.41, 5.74) is 0. The number of carboxylic acids is 1. The number of carboxylic acid groups (broad SMARTS) is 1. The van der Waals surface area contributed by atoms with Gasteiger partial charge in [0.25, 0.3) is 0 Å². The second-order valence-electron chi connectivity index (χ2n) is 2.99. The Morgan fingerprint density at radius 1 is 1.50 bits per heavy atom. The third-order valence-electron chi connectivity index (χ3n) is 2.23. The molecule has 3 heteroatoms. The first-order valence-electron chi connectivity index (χ1n) is 3.54. The normalized spacial score (nSPS) is 40.0. The van der Waals surface area contributed by atoms with Crippen LogP contribution in [0.5, 0.6) is 0 Å². The number of carbonyl (C=O) groups is 1. The molecule has 1 fully saturated rings. The molecule has 0 spiro atoms. The molecule has 0 amide bonds. The Morgan fingerprint density at radius 3 is 2.30 bits per heavy atom. The van der Waals surface area contributed by atoms with Crippen molar-refractivity contribution in [3.63, 3.8) is 0 Å².